The molecule has 0 amide bonds. The summed E-state index contributed by atoms with van der Waals surface area (Å²) in [6, 6.07) is 0. The summed E-state index contributed by atoms with van der Waals surface area (Å²) in [6.45, 7) is 0. The second-order valence-electron chi connectivity index (χ2n) is 5.17. The van der Waals surface area contributed by atoms with Crippen LogP contribution in [0.3, 0.4) is 0 Å². The van der Waals surface area contributed by atoms with E-state index in [9.17, 15) is 41.4 Å². The monoisotopic (exact) mass is 376 g/mol. The van der Waals surface area contributed by atoms with Gasteiger partial charge in [-0.2, -0.15) is 26.3 Å². The van der Waals surface area contributed by atoms with Crippen LogP contribution in [0.2, 0.25) is 0 Å². The number of carbonyl (C=O) groups excluding carboxylic acids is 1. The Kier molecular flexibility index (Phi) is 3.62. The fraction of sp³-hybridized carbons (Fsp3) is 0.900. The topological polar surface area (TPSA) is 66.8 Å². The Balaban J connectivity index is 2.76. The Labute approximate surface area is 128 Å². The third-order valence-corrected chi connectivity index (χ3v) is 5.13. The molecular weight excluding hydrogens is 369 g/mol. The number of ketones is 1. The second-order valence-corrected chi connectivity index (χ2v) is 6.46. The highest BCUT2D eigenvalue weighted by atomic mass is 35.5. The molecule has 2 bridgehead atoms. The van der Waals surface area contributed by atoms with Crippen molar-refractivity contribution in [2.24, 2.45) is 0 Å². The molecule has 12 heteroatoms. The van der Waals surface area contributed by atoms with Gasteiger partial charge in [-0.3, -0.25) is 9.53 Å². The van der Waals surface area contributed by atoms with E-state index in [-0.39, 0.29) is 0 Å². The summed E-state index contributed by atoms with van der Waals surface area (Å²) in [5.41, 5.74) is 0. The molecule has 2 fully saturated rings. The van der Waals surface area contributed by atoms with Crippen LogP contribution in [0.25, 0.3) is 0 Å². The van der Waals surface area contributed by atoms with Gasteiger partial charge >= 0.3 is 12.4 Å². The molecule has 4 nitrogen and oxygen atoms in total. The molecule has 1 aliphatic carbocycles. The van der Waals surface area contributed by atoms with E-state index in [0.717, 1.165) is 0 Å². The molecule has 0 aromatic heterocycles. The van der Waals surface area contributed by atoms with Crippen molar-refractivity contribution in [3.05, 3.63) is 0 Å². The Morgan fingerprint density at radius 1 is 0.909 bits per heavy atom. The van der Waals surface area contributed by atoms with Crippen molar-refractivity contribution in [3.8, 4) is 0 Å². The zero-order valence-electron chi connectivity index (χ0n) is 10.4. The quantitative estimate of drug-likeness (QED) is 0.502. The number of aliphatic hydroxyl groups is 2. The number of alkyl halides is 8. The van der Waals surface area contributed by atoms with Crippen molar-refractivity contribution in [2.45, 2.75) is 52.9 Å². The van der Waals surface area contributed by atoms with E-state index >= 15 is 0 Å². The number of halogens is 8. The lowest BCUT2D eigenvalue weighted by molar-refractivity contribution is -0.492. The van der Waals surface area contributed by atoms with Crippen LogP contribution in [0.5, 0.6) is 0 Å². The number of Topliss-reactive ketones (excluding diaryl/α,β-unsaturated/α-hetero) is 1. The molecule has 2 rings (SSSR count). The maximum Gasteiger partial charge on any atom is 0.445 e. The SMILES string of the molecule is O=C1[C@]2(Cl)CCC[C@@]1(Cl)[C@](O)(C(F)(F)F)O[C@]2(O)C(F)(F)F. The molecule has 0 spiro atoms. The average molecular weight is 377 g/mol. The van der Waals surface area contributed by atoms with Crippen molar-refractivity contribution >= 4 is 29.0 Å². The van der Waals surface area contributed by atoms with Crippen molar-refractivity contribution in [3.63, 3.8) is 0 Å². The van der Waals surface area contributed by atoms with E-state index in [1.54, 1.807) is 0 Å². The highest BCUT2D eigenvalue weighted by Gasteiger charge is 2.87. The molecule has 1 saturated heterocycles. The van der Waals surface area contributed by atoms with Crippen LogP contribution < -0.4 is 0 Å². The van der Waals surface area contributed by atoms with Gasteiger partial charge in [-0.05, 0) is 19.3 Å². The van der Waals surface area contributed by atoms with Gasteiger partial charge in [0.15, 0.2) is 15.5 Å². The summed E-state index contributed by atoms with van der Waals surface area (Å²) >= 11 is 11.0. The Bertz CT molecular complexity index is 483. The zero-order valence-corrected chi connectivity index (χ0v) is 11.9. The molecule has 128 valence electrons. The molecule has 0 aromatic rings. The van der Waals surface area contributed by atoms with E-state index in [1.807, 2.05) is 0 Å². The van der Waals surface area contributed by atoms with Gasteiger partial charge in [0.25, 0.3) is 11.6 Å². The number of carbonyl (C=O) groups is 1. The van der Waals surface area contributed by atoms with Gasteiger partial charge < -0.3 is 10.2 Å². The van der Waals surface area contributed by atoms with Gasteiger partial charge in [-0.25, -0.2) is 0 Å². The normalized spacial score (nSPS) is 46.7. The first-order chi connectivity index (χ1) is 9.57. The van der Waals surface area contributed by atoms with Crippen LogP contribution in [0.1, 0.15) is 19.3 Å². The fourth-order valence-electron chi connectivity index (χ4n) is 2.70. The summed E-state index contributed by atoms with van der Waals surface area (Å²) in [7, 11) is 0. The van der Waals surface area contributed by atoms with Crippen LogP contribution in [0, 0.1) is 0 Å². The van der Waals surface area contributed by atoms with E-state index in [1.165, 1.54) is 0 Å². The Morgan fingerprint density at radius 3 is 1.50 bits per heavy atom. The first kappa shape index (κ1) is 18.1. The molecule has 0 radical (unpaired) electrons. The molecule has 1 heterocycles. The lowest BCUT2D eigenvalue weighted by Gasteiger charge is -2.58. The molecular formula is C10H8Cl2F6O4. The minimum Gasteiger partial charge on any atom is -0.357 e. The third kappa shape index (κ3) is 1.81. The standard InChI is InChI=1S/C10H8Cl2F6O4/c11-5-2-1-3-6(12,4(5)19)8(21,10(16,17)18)22-7(5,20)9(13,14)15/h20-21H,1-3H2/t5-,6+,7+,8-. The summed E-state index contributed by atoms with van der Waals surface area (Å²) < 4.78 is 81.9. The van der Waals surface area contributed by atoms with Crippen molar-refractivity contribution in [1.29, 1.82) is 0 Å². The van der Waals surface area contributed by atoms with Gasteiger partial charge in [-0.15, -0.1) is 23.2 Å². The third-order valence-electron chi connectivity index (χ3n) is 3.90. The minimum absolute atomic E-state index is 0.473. The number of fused-ring (bicyclic) bond motifs is 2. The molecule has 2 N–H and O–H groups in total. The van der Waals surface area contributed by atoms with Crippen molar-refractivity contribution < 1.29 is 46.1 Å². The van der Waals surface area contributed by atoms with Crippen LogP contribution >= 0.6 is 23.2 Å². The van der Waals surface area contributed by atoms with Crippen molar-refractivity contribution in [2.75, 3.05) is 0 Å². The minimum atomic E-state index is -5.89. The average Bonchev–Trinajstić information content (AvgIpc) is 2.31. The summed E-state index contributed by atoms with van der Waals surface area (Å²) in [6.07, 6.45) is -13.9. The Morgan fingerprint density at radius 2 is 1.23 bits per heavy atom. The van der Waals surface area contributed by atoms with Gasteiger partial charge in [-0.1, -0.05) is 0 Å². The number of ether oxygens (including phenoxy) is 1. The molecule has 1 aliphatic heterocycles. The highest BCUT2D eigenvalue weighted by molar-refractivity contribution is 6.47. The summed E-state index contributed by atoms with van der Waals surface area (Å²) in [4.78, 5) is 5.53. The largest absolute Gasteiger partial charge is 0.445 e. The molecule has 0 unspecified atom stereocenters. The zero-order chi connectivity index (χ0) is 17.4. The summed E-state index contributed by atoms with van der Waals surface area (Å²) in [5, 5.41) is 19.3. The fourth-order valence-corrected chi connectivity index (χ4v) is 3.63. The van der Waals surface area contributed by atoms with E-state index in [4.69, 9.17) is 23.2 Å². The number of hydrogen-bond donors (Lipinski definition) is 2. The molecule has 2 aliphatic rings. The van der Waals surface area contributed by atoms with Crippen LogP contribution in [-0.2, 0) is 9.53 Å². The van der Waals surface area contributed by atoms with E-state index < -0.39 is 58.7 Å². The second kappa shape index (κ2) is 4.41. The predicted molar refractivity (Wildman–Crippen MR) is 59.1 cm³/mol. The first-order valence-corrected chi connectivity index (χ1v) is 6.53. The number of hydrogen-bond acceptors (Lipinski definition) is 4. The van der Waals surface area contributed by atoms with Gasteiger partial charge in [0.05, 0.1) is 0 Å². The Hall–Kier alpha value is -0.290. The lowest BCUT2D eigenvalue weighted by atomic mass is 9.68. The van der Waals surface area contributed by atoms with Crippen molar-refractivity contribution in [1.82, 2.24) is 0 Å². The maximum absolute atomic E-state index is 13.1. The predicted octanol–water partition coefficient (Wildman–Crippen LogP) is 2.23. The van der Waals surface area contributed by atoms with Gasteiger partial charge in [0.1, 0.15) is 0 Å². The lowest BCUT2D eigenvalue weighted by Crippen LogP contribution is -2.84. The van der Waals surface area contributed by atoms with Gasteiger partial charge in [0.2, 0.25) is 0 Å². The smallest absolute Gasteiger partial charge is 0.357 e. The van der Waals surface area contributed by atoms with Crippen LogP contribution in [-0.4, -0.2) is 49.7 Å². The van der Waals surface area contributed by atoms with Crippen LogP contribution in [0.4, 0.5) is 26.3 Å². The van der Waals surface area contributed by atoms with Gasteiger partial charge in [0, 0.05) is 0 Å². The molecule has 0 aromatic carbocycles. The first-order valence-electron chi connectivity index (χ1n) is 5.78. The van der Waals surface area contributed by atoms with E-state index in [0.29, 0.717) is 0 Å². The molecule has 22 heavy (non-hydrogen) atoms. The van der Waals surface area contributed by atoms with Crippen LogP contribution in [0.15, 0.2) is 0 Å². The number of rotatable bonds is 0. The summed E-state index contributed by atoms with van der Waals surface area (Å²) in [5.74, 6) is -11.5. The molecule has 4 atom stereocenters. The highest BCUT2D eigenvalue weighted by Crippen LogP contribution is 2.63. The molecule has 1 saturated carbocycles. The van der Waals surface area contributed by atoms with E-state index in [2.05, 4.69) is 4.74 Å². The maximum atomic E-state index is 13.1.